The van der Waals surface area contributed by atoms with E-state index in [-0.39, 0.29) is 24.0 Å². The number of amides is 2. The van der Waals surface area contributed by atoms with Crippen LogP contribution in [0.2, 0.25) is 0 Å². The molecule has 0 unspecified atom stereocenters. The lowest BCUT2D eigenvalue weighted by atomic mass is 10.2. The van der Waals surface area contributed by atoms with Gasteiger partial charge in [-0.2, -0.15) is 0 Å². The van der Waals surface area contributed by atoms with Crippen molar-refractivity contribution in [2.75, 3.05) is 13.2 Å². The van der Waals surface area contributed by atoms with Crippen molar-refractivity contribution < 1.29 is 23.9 Å². The number of hydrogen-bond donors (Lipinski definition) is 1. The van der Waals surface area contributed by atoms with Crippen LogP contribution in [0.15, 0.2) is 48.7 Å². The molecule has 2 aromatic rings. The third-order valence-corrected chi connectivity index (χ3v) is 4.79. The van der Waals surface area contributed by atoms with Gasteiger partial charge in [-0.1, -0.05) is 18.2 Å². The molecule has 8 heteroatoms. The molecule has 0 bridgehead atoms. The lowest BCUT2D eigenvalue weighted by Crippen LogP contribution is -2.50. The molecule has 30 heavy (non-hydrogen) atoms. The van der Waals surface area contributed by atoms with Gasteiger partial charge >= 0.3 is 5.97 Å². The maximum absolute atomic E-state index is 12.9. The molecule has 0 aliphatic carbocycles. The molecule has 1 fully saturated rings. The first-order valence-electron chi connectivity index (χ1n) is 9.97. The fourth-order valence-corrected chi connectivity index (χ4v) is 3.34. The second kappa shape index (κ2) is 9.87. The van der Waals surface area contributed by atoms with Gasteiger partial charge in [0.1, 0.15) is 23.4 Å². The topological polar surface area (TPSA) is 97.8 Å². The summed E-state index contributed by atoms with van der Waals surface area (Å²) in [5.41, 5.74) is 0.212. The number of pyridine rings is 1. The Labute approximate surface area is 175 Å². The van der Waals surface area contributed by atoms with Gasteiger partial charge in [-0.05, 0) is 51.0 Å². The summed E-state index contributed by atoms with van der Waals surface area (Å²) < 4.78 is 10.8. The van der Waals surface area contributed by atoms with E-state index >= 15 is 0 Å². The van der Waals surface area contributed by atoms with Crippen LogP contribution in [0.25, 0.3) is 0 Å². The summed E-state index contributed by atoms with van der Waals surface area (Å²) in [5, 5.41) is 2.69. The van der Waals surface area contributed by atoms with Crippen LogP contribution in [0.1, 0.15) is 37.0 Å². The quantitative estimate of drug-likeness (QED) is 0.703. The molecule has 1 aliphatic heterocycles. The standard InChI is InChI=1S/C22H25N3O5/c1-3-29-22(28)18-12-8-14-25(18)21(27)15(2)24-19(26)17-11-7-13-23-20(17)30-16-9-5-4-6-10-16/h4-7,9-11,13,15,18H,3,8,12,14H2,1-2H3,(H,24,26)/t15-,18-/m0/s1. The average Bonchev–Trinajstić information content (AvgIpc) is 3.24. The highest BCUT2D eigenvalue weighted by atomic mass is 16.5. The van der Waals surface area contributed by atoms with E-state index in [4.69, 9.17) is 9.47 Å². The highest BCUT2D eigenvalue weighted by molar-refractivity contribution is 5.99. The smallest absolute Gasteiger partial charge is 0.328 e. The van der Waals surface area contributed by atoms with Crippen LogP contribution in [-0.4, -0.2) is 52.9 Å². The van der Waals surface area contributed by atoms with Crippen LogP contribution in [0.4, 0.5) is 0 Å². The molecule has 0 spiro atoms. The van der Waals surface area contributed by atoms with Crippen molar-refractivity contribution in [2.24, 2.45) is 0 Å². The number of aromatic nitrogens is 1. The fraction of sp³-hybridized carbons (Fsp3) is 0.364. The minimum absolute atomic E-state index is 0.145. The lowest BCUT2D eigenvalue weighted by Gasteiger charge is -2.26. The number of benzene rings is 1. The van der Waals surface area contributed by atoms with Crippen molar-refractivity contribution in [3.05, 3.63) is 54.2 Å². The van der Waals surface area contributed by atoms with E-state index in [1.165, 1.54) is 11.1 Å². The monoisotopic (exact) mass is 411 g/mol. The molecule has 0 saturated carbocycles. The molecule has 1 aromatic carbocycles. The third-order valence-electron chi connectivity index (χ3n) is 4.79. The zero-order valence-electron chi connectivity index (χ0n) is 17.0. The Morgan fingerprint density at radius 3 is 2.70 bits per heavy atom. The molecular formula is C22H25N3O5. The van der Waals surface area contributed by atoms with Crippen molar-refractivity contribution in [3.8, 4) is 11.6 Å². The largest absolute Gasteiger partial charge is 0.464 e. The Morgan fingerprint density at radius 1 is 1.20 bits per heavy atom. The molecule has 3 rings (SSSR count). The zero-order chi connectivity index (χ0) is 21.5. The lowest BCUT2D eigenvalue weighted by molar-refractivity contribution is -0.153. The molecule has 8 nitrogen and oxygen atoms in total. The van der Waals surface area contributed by atoms with Gasteiger partial charge in [-0.25, -0.2) is 9.78 Å². The molecule has 0 radical (unpaired) electrons. The van der Waals surface area contributed by atoms with E-state index in [2.05, 4.69) is 10.3 Å². The van der Waals surface area contributed by atoms with E-state index in [9.17, 15) is 14.4 Å². The number of hydrogen-bond acceptors (Lipinski definition) is 6. The normalized spacial score (nSPS) is 16.6. The Kier molecular flexibility index (Phi) is 7.00. The number of rotatable bonds is 7. The van der Waals surface area contributed by atoms with Crippen LogP contribution < -0.4 is 10.1 Å². The number of likely N-dealkylation sites (tertiary alicyclic amines) is 1. The van der Waals surface area contributed by atoms with Gasteiger partial charge < -0.3 is 19.7 Å². The molecule has 158 valence electrons. The van der Waals surface area contributed by atoms with Crippen LogP contribution in [0.3, 0.4) is 0 Å². The second-order valence-electron chi connectivity index (χ2n) is 6.91. The van der Waals surface area contributed by atoms with E-state index < -0.39 is 24.0 Å². The predicted molar refractivity (Wildman–Crippen MR) is 109 cm³/mol. The minimum atomic E-state index is -0.822. The molecule has 1 N–H and O–H groups in total. The van der Waals surface area contributed by atoms with Gasteiger partial charge in [0.25, 0.3) is 5.91 Å². The Hall–Kier alpha value is -3.42. The Bertz CT molecular complexity index is 903. The summed E-state index contributed by atoms with van der Waals surface area (Å²) in [7, 11) is 0. The first-order chi connectivity index (χ1) is 14.5. The Balaban J connectivity index is 1.68. The van der Waals surface area contributed by atoms with Gasteiger partial charge in [0, 0.05) is 12.7 Å². The van der Waals surface area contributed by atoms with E-state index in [0.29, 0.717) is 25.1 Å². The van der Waals surface area contributed by atoms with Gasteiger partial charge in [-0.15, -0.1) is 0 Å². The maximum atomic E-state index is 12.9. The summed E-state index contributed by atoms with van der Waals surface area (Å²) in [6.45, 7) is 4.03. The molecule has 1 aromatic heterocycles. The minimum Gasteiger partial charge on any atom is -0.464 e. The van der Waals surface area contributed by atoms with Crippen molar-refractivity contribution in [1.29, 1.82) is 0 Å². The summed E-state index contributed by atoms with van der Waals surface area (Å²) in [4.78, 5) is 43.4. The fourth-order valence-electron chi connectivity index (χ4n) is 3.34. The number of nitrogens with zero attached hydrogens (tertiary/aromatic N) is 2. The van der Waals surface area contributed by atoms with E-state index in [1.807, 2.05) is 18.2 Å². The Morgan fingerprint density at radius 2 is 1.97 bits per heavy atom. The van der Waals surface area contributed by atoms with Crippen LogP contribution >= 0.6 is 0 Å². The molecule has 2 heterocycles. The second-order valence-corrected chi connectivity index (χ2v) is 6.91. The van der Waals surface area contributed by atoms with Gasteiger partial charge in [0.2, 0.25) is 11.8 Å². The molecule has 2 amide bonds. The molecule has 1 saturated heterocycles. The first kappa shape index (κ1) is 21.3. The third kappa shape index (κ3) is 4.94. The number of esters is 1. The van der Waals surface area contributed by atoms with Crippen LogP contribution in [0.5, 0.6) is 11.6 Å². The van der Waals surface area contributed by atoms with Crippen LogP contribution in [-0.2, 0) is 14.3 Å². The van der Waals surface area contributed by atoms with E-state index in [1.54, 1.807) is 38.1 Å². The summed E-state index contributed by atoms with van der Waals surface area (Å²) >= 11 is 0. The first-order valence-corrected chi connectivity index (χ1v) is 9.97. The number of ether oxygens (including phenoxy) is 2. The van der Waals surface area contributed by atoms with E-state index in [0.717, 1.165) is 0 Å². The molecular weight excluding hydrogens is 386 g/mol. The molecule has 1 aliphatic rings. The highest BCUT2D eigenvalue weighted by Crippen LogP contribution is 2.23. The van der Waals surface area contributed by atoms with Crippen molar-refractivity contribution in [2.45, 2.75) is 38.8 Å². The van der Waals surface area contributed by atoms with Crippen LogP contribution in [0, 0.1) is 0 Å². The van der Waals surface area contributed by atoms with Gasteiger partial charge in [0.15, 0.2) is 0 Å². The SMILES string of the molecule is CCOC(=O)[C@@H]1CCCN1C(=O)[C@H](C)NC(=O)c1cccnc1Oc1ccccc1. The average molecular weight is 411 g/mol. The van der Waals surface area contributed by atoms with Gasteiger partial charge in [-0.3, -0.25) is 9.59 Å². The van der Waals surface area contributed by atoms with Crippen molar-refractivity contribution in [1.82, 2.24) is 15.2 Å². The predicted octanol–water partition coefficient (Wildman–Crippen LogP) is 2.55. The van der Waals surface area contributed by atoms with Gasteiger partial charge in [0.05, 0.1) is 6.61 Å². The summed E-state index contributed by atoms with van der Waals surface area (Å²) in [6.07, 6.45) is 2.80. The maximum Gasteiger partial charge on any atom is 0.328 e. The summed E-state index contributed by atoms with van der Waals surface area (Å²) in [6, 6.07) is 10.8. The number of nitrogens with one attached hydrogen (secondary N) is 1. The molecule has 2 atom stereocenters. The highest BCUT2D eigenvalue weighted by Gasteiger charge is 2.37. The zero-order valence-corrected chi connectivity index (χ0v) is 17.0. The summed E-state index contributed by atoms with van der Waals surface area (Å²) in [5.74, 6) is -0.530. The number of carbonyl (C=O) groups excluding carboxylic acids is 3. The number of carbonyl (C=O) groups is 3. The van der Waals surface area contributed by atoms with Crippen molar-refractivity contribution in [3.63, 3.8) is 0 Å². The van der Waals surface area contributed by atoms with Crippen molar-refractivity contribution >= 4 is 17.8 Å². The number of para-hydroxylation sites is 1.